The van der Waals surface area contributed by atoms with E-state index in [1.807, 2.05) is 0 Å². The fourth-order valence-corrected chi connectivity index (χ4v) is 8.66. The van der Waals surface area contributed by atoms with Crippen molar-refractivity contribution in [1.82, 2.24) is 0 Å². The summed E-state index contributed by atoms with van der Waals surface area (Å²) in [4.78, 5) is 0. The largest absolute Gasteiger partial charge is 0.455 e. The van der Waals surface area contributed by atoms with Gasteiger partial charge >= 0.3 is 0 Å². The minimum absolute atomic E-state index is 0.921. The maximum absolute atomic E-state index is 6.51. The average Bonchev–Trinajstić information content (AvgIpc) is 3.72. The second-order valence-corrected chi connectivity index (χ2v) is 13.1. The highest BCUT2D eigenvalue weighted by Gasteiger charge is 2.25. The molecule has 222 valence electrons. The Morgan fingerprint density at radius 2 is 0.812 bits per heavy atom. The van der Waals surface area contributed by atoms with E-state index in [9.17, 15) is 0 Å². The monoisotopic (exact) mass is 608 g/mol. The van der Waals surface area contributed by atoms with Gasteiger partial charge in [0, 0.05) is 16.2 Å². The van der Waals surface area contributed by atoms with Crippen LogP contribution in [0.5, 0.6) is 0 Å². The topological polar surface area (TPSA) is 13.1 Å². The van der Waals surface area contributed by atoms with E-state index in [1.165, 1.54) is 82.2 Å². The Bertz CT molecular complexity index is 2920. The quantitative estimate of drug-likeness (QED) is 0.178. The lowest BCUT2D eigenvalue weighted by Crippen LogP contribution is -1.94. The Labute approximate surface area is 277 Å². The predicted molar refractivity (Wildman–Crippen MR) is 203 cm³/mol. The van der Waals surface area contributed by atoms with E-state index in [-0.39, 0.29) is 0 Å². The van der Waals surface area contributed by atoms with E-state index in [0.717, 1.165) is 33.7 Å². The molecule has 0 atom stereocenters. The highest BCUT2D eigenvalue weighted by molar-refractivity contribution is 6.28. The molecule has 0 spiro atoms. The summed E-state index contributed by atoms with van der Waals surface area (Å²) < 4.78 is 6.51. The molecule has 0 unspecified atom stereocenters. The first-order valence-corrected chi connectivity index (χ1v) is 16.7. The van der Waals surface area contributed by atoms with Gasteiger partial charge in [-0.15, -0.1) is 0 Å². The van der Waals surface area contributed by atoms with Gasteiger partial charge in [-0.1, -0.05) is 140 Å². The number of hydrogen-bond donors (Lipinski definition) is 0. The van der Waals surface area contributed by atoms with Crippen molar-refractivity contribution >= 4 is 65.0 Å². The number of benzene rings is 9. The van der Waals surface area contributed by atoms with Gasteiger partial charge in [0.2, 0.25) is 0 Å². The average molecular weight is 609 g/mol. The van der Waals surface area contributed by atoms with Gasteiger partial charge in [0.1, 0.15) is 11.2 Å². The lowest BCUT2D eigenvalue weighted by atomic mass is 9.82. The minimum atomic E-state index is 0.921. The second-order valence-electron chi connectivity index (χ2n) is 13.1. The van der Waals surface area contributed by atoms with Crippen LogP contribution in [0.15, 0.2) is 162 Å². The van der Waals surface area contributed by atoms with Crippen LogP contribution in [-0.4, -0.2) is 0 Å². The van der Waals surface area contributed by atoms with Gasteiger partial charge in [-0.25, -0.2) is 0 Å². The molecule has 0 radical (unpaired) electrons. The normalized spacial score (nSPS) is 12.5. The number of hydrogen-bond acceptors (Lipinski definition) is 1. The van der Waals surface area contributed by atoms with Crippen LogP contribution in [0.4, 0.5) is 0 Å². The molecule has 0 saturated heterocycles. The highest BCUT2D eigenvalue weighted by Crippen LogP contribution is 2.51. The Balaban J connectivity index is 1.31. The summed E-state index contributed by atoms with van der Waals surface area (Å²) >= 11 is 0. The van der Waals surface area contributed by atoms with Crippen molar-refractivity contribution in [1.29, 1.82) is 0 Å². The molecule has 0 fully saturated rings. The van der Waals surface area contributed by atoms with Crippen LogP contribution in [0.2, 0.25) is 0 Å². The molecular formula is C47H28O. The van der Waals surface area contributed by atoms with Crippen LogP contribution in [-0.2, 0) is 6.42 Å². The Kier molecular flexibility index (Phi) is 5.23. The van der Waals surface area contributed by atoms with Crippen LogP contribution in [0.25, 0.3) is 98.4 Å². The van der Waals surface area contributed by atoms with Crippen molar-refractivity contribution in [3.05, 3.63) is 169 Å². The Morgan fingerprint density at radius 1 is 0.333 bits per heavy atom. The highest BCUT2D eigenvalue weighted by atomic mass is 16.3. The van der Waals surface area contributed by atoms with E-state index in [0.29, 0.717) is 0 Å². The molecule has 48 heavy (non-hydrogen) atoms. The molecule has 1 aliphatic carbocycles. The first kappa shape index (κ1) is 25.9. The van der Waals surface area contributed by atoms with Crippen LogP contribution in [0.1, 0.15) is 11.1 Å². The lowest BCUT2D eigenvalue weighted by molar-refractivity contribution is 0.672. The molecule has 0 N–H and O–H groups in total. The van der Waals surface area contributed by atoms with E-state index in [4.69, 9.17) is 4.42 Å². The second kappa shape index (κ2) is 9.67. The third kappa shape index (κ3) is 3.45. The molecular weight excluding hydrogens is 581 g/mol. The zero-order valence-corrected chi connectivity index (χ0v) is 26.1. The van der Waals surface area contributed by atoms with Crippen molar-refractivity contribution in [3.63, 3.8) is 0 Å². The third-order valence-corrected chi connectivity index (χ3v) is 10.7. The predicted octanol–water partition coefficient (Wildman–Crippen LogP) is 13.1. The molecule has 0 amide bonds. The first-order valence-electron chi connectivity index (χ1n) is 16.7. The summed E-state index contributed by atoms with van der Waals surface area (Å²) in [5.41, 5.74) is 12.5. The molecule has 10 aromatic rings. The summed E-state index contributed by atoms with van der Waals surface area (Å²) in [5, 5.41) is 12.4. The molecule has 9 aromatic carbocycles. The summed E-state index contributed by atoms with van der Waals surface area (Å²) in [5.74, 6) is 0. The summed E-state index contributed by atoms with van der Waals surface area (Å²) in [6, 6.07) is 58.0. The lowest BCUT2D eigenvalue weighted by Gasteiger charge is -2.21. The van der Waals surface area contributed by atoms with Crippen molar-refractivity contribution < 1.29 is 4.42 Å². The smallest absolute Gasteiger partial charge is 0.143 e. The molecule has 0 saturated carbocycles. The fraction of sp³-hybridized carbons (Fsp3) is 0.0213. The molecule has 1 heterocycles. The zero-order chi connectivity index (χ0) is 31.3. The number of furan rings is 1. The van der Waals surface area contributed by atoms with Crippen LogP contribution >= 0.6 is 0 Å². The number of fused-ring (bicyclic) bond motifs is 12. The van der Waals surface area contributed by atoms with E-state index < -0.39 is 0 Å². The van der Waals surface area contributed by atoms with Gasteiger partial charge in [0.15, 0.2) is 0 Å². The Hall–Kier alpha value is -6.18. The van der Waals surface area contributed by atoms with E-state index in [2.05, 4.69) is 158 Å². The number of rotatable bonds is 2. The summed E-state index contributed by atoms with van der Waals surface area (Å²) in [6.07, 6.45) is 0.977. The summed E-state index contributed by atoms with van der Waals surface area (Å²) in [7, 11) is 0. The maximum Gasteiger partial charge on any atom is 0.143 e. The van der Waals surface area contributed by atoms with Gasteiger partial charge in [-0.2, -0.15) is 0 Å². The maximum atomic E-state index is 6.51. The van der Waals surface area contributed by atoms with Crippen LogP contribution in [0.3, 0.4) is 0 Å². The molecule has 1 aliphatic rings. The van der Waals surface area contributed by atoms with Crippen LogP contribution < -0.4 is 0 Å². The summed E-state index contributed by atoms with van der Waals surface area (Å²) in [6.45, 7) is 0. The van der Waals surface area contributed by atoms with E-state index in [1.54, 1.807) is 0 Å². The van der Waals surface area contributed by atoms with Crippen molar-refractivity contribution in [2.24, 2.45) is 0 Å². The SMILES string of the molecule is c1ccc2c(c1)Cc1c-2cc(-c2c3ccccc3c(-c3cc4c5ccccc5oc4c4ccccc34)c3ccccc23)c2ccccc12. The molecule has 1 aromatic heterocycles. The van der Waals surface area contributed by atoms with Gasteiger partial charge in [0.25, 0.3) is 0 Å². The molecule has 11 rings (SSSR count). The van der Waals surface area contributed by atoms with Crippen molar-refractivity contribution in [2.45, 2.75) is 6.42 Å². The van der Waals surface area contributed by atoms with Gasteiger partial charge in [-0.3, -0.25) is 0 Å². The standard InChI is InChI=1S/C47H28O/c1-2-14-29-28(13-1)25-39-30-15-3-4-16-31(30)41(26-40(29)39)45-34-19-6-8-21-36(34)46(37-22-9-7-20-35(37)45)42-27-43-33-18-11-12-24-44(33)48-47(43)38-23-10-5-17-32(38)42/h1-24,26-27H,25H2. The van der Waals surface area contributed by atoms with E-state index >= 15 is 0 Å². The third-order valence-electron chi connectivity index (χ3n) is 10.7. The molecule has 0 aliphatic heterocycles. The first-order chi connectivity index (χ1) is 23.8. The minimum Gasteiger partial charge on any atom is -0.455 e. The molecule has 0 bridgehead atoms. The zero-order valence-electron chi connectivity index (χ0n) is 26.1. The Morgan fingerprint density at radius 3 is 1.48 bits per heavy atom. The molecule has 1 nitrogen and oxygen atoms in total. The van der Waals surface area contributed by atoms with Gasteiger partial charge in [0.05, 0.1) is 0 Å². The van der Waals surface area contributed by atoms with Crippen LogP contribution in [0, 0.1) is 0 Å². The van der Waals surface area contributed by atoms with Gasteiger partial charge < -0.3 is 4.42 Å². The van der Waals surface area contributed by atoms with Crippen molar-refractivity contribution in [2.75, 3.05) is 0 Å². The van der Waals surface area contributed by atoms with Crippen molar-refractivity contribution in [3.8, 4) is 33.4 Å². The van der Waals surface area contributed by atoms with Gasteiger partial charge in [-0.05, 0) is 107 Å². The fourth-order valence-electron chi connectivity index (χ4n) is 8.66. The number of para-hydroxylation sites is 1. The molecule has 1 heteroatoms.